The highest BCUT2D eigenvalue weighted by molar-refractivity contribution is 5.69. The zero-order chi connectivity index (χ0) is 12.7. The summed E-state index contributed by atoms with van der Waals surface area (Å²) in [7, 11) is 1.43. The Labute approximate surface area is 104 Å². The second-order valence-electron chi connectivity index (χ2n) is 4.95. The predicted octanol–water partition coefficient (Wildman–Crippen LogP) is 1.56. The summed E-state index contributed by atoms with van der Waals surface area (Å²) in [6.07, 6.45) is 5.80. The van der Waals surface area contributed by atoms with Gasteiger partial charge in [0.25, 0.3) is 0 Å². The van der Waals surface area contributed by atoms with Gasteiger partial charge in [-0.15, -0.1) is 0 Å². The molecule has 1 heterocycles. The normalized spacial score (nSPS) is 24.1. The van der Waals surface area contributed by atoms with E-state index in [1.165, 1.54) is 26.4 Å². The fourth-order valence-corrected chi connectivity index (χ4v) is 2.53. The van der Waals surface area contributed by atoms with Crippen molar-refractivity contribution in [2.45, 2.75) is 57.6 Å². The van der Waals surface area contributed by atoms with Crippen molar-refractivity contribution in [2.75, 3.05) is 20.2 Å². The third-order valence-electron chi connectivity index (χ3n) is 3.44. The number of hydrogen-bond donors (Lipinski definition) is 1. The van der Waals surface area contributed by atoms with Crippen molar-refractivity contribution < 1.29 is 14.6 Å². The first kappa shape index (κ1) is 14.5. The van der Waals surface area contributed by atoms with Gasteiger partial charge in [0, 0.05) is 12.6 Å². The molecule has 0 spiro atoms. The van der Waals surface area contributed by atoms with E-state index in [2.05, 4.69) is 9.64 Å². The first-order valence-electron chi connectivity index (χ1n) is 6.62. The summed E-state index contributed by atoms with van der Waals surface area (Å²) >= 11 is 0. The summed E-state index contributed by atoms with van der Waals surface area (Å²) in [6, 6.07) is 0.419. The number of ether oxygens (including phenoxy) is 1. The van der Waals surface area contributed by atoms with Crippen LogP contribution in [0.4, 0.5) is 0 Å². The Morgan fingerprint density at radius 3 is 2.88 bits per heavy atom. The molecule has 0 aromatic rings. The molecule has 0 bridgehead atoms. The van der Waals surface area contributed by atoms with E-state index in [9.17, 15) is 9.90 Å². The molecule has 1 aliphatic heterocycles. The van der Waals surface area contributed by atoms with Gasteiger partial charge >= 0.3 is 5.97 Å². The van der Waals surface area contributed by atoms with Gasteiger partial charge in [-0.2, -0.15) is 0 Å². The van der Waals surface area contributed by atoms with E-state index in [-0.39, 0.29) is 12.1 Å². The zero-order valence-electron chi connectivity index (χ0n) is 11.0. The number of methoxy groups -OCH3 is 1. The number of hydrogen-bond acceptors (Lipinski definition) is 4. The number of rotatable bonds is 5. The minimum Gasteiger partial charge on any atom is -0.469 e. The van der Waals surface area contributed by atoms with Crippen molar-refractivity contribution in [3.63, 3.8) is 0 Å². The van der Waals surface area contributed by atoms with Crippen LogP contribution in [-0.4, -0.2) is 48.3 Å². The zero-order valence-corrected chi connectivity index (χ0v) is 11.0. The average Bonchev–Trinajstić information content (AvgIpc) is 2.51. The van der Waals surface area contributed by atoms with Crippen LogP contribution in [0.1, 0.15) is 45.4 Å². The van der Waals surface area contributed by atoms with Crippen LogP contribution in [0, 0.1) is 0 Å². The molecule has 2 atom stereocenters. The minimum atomic E-state index is -0.265. The Morgan fingerprint density at radius 1 is 1.47 bits per heavy atom. The van der Waals surface area contributed by atoms with Gasteiger partial charge in [-0.25, -0.2) is 0 Å². The van der Waals surface area contributed by atoms with Gasteiger partial charge in [0.05, 0.1) is 19.6 Å². The third kappa shape index (κ3) is 5.50. The molecule has 1 saturated heterocycles. The van der Waals surface area contributed by atoms with Crippen molar-refractivity contribution in [1.82, 2.24) is 4.90 Å². The number of likely N-dealkylation sites (tertiary alicyclic amines) is 1. The summed E-state index contributed by atoms with van der Waals surface area (Å²) in [4.78, 5) is 13.5. The first-order valence-corrected chi connectivity index (χ1v) is 6.62. The van der Waals surface area contributed by atoms with E-state index in [0.717, 1.165) is 25.9 Å². The van der Waals surface area contributed by atoms with Crippen LogP contribution in [0.3, 0.4) is 0 Å². The Bertz CT molecular complexity index is 231. The molecule has 17 heavy (non-hydrogen) atoms. The molecule has 0 aromatic heterocycles. The van der Waals surface area contributed by atoms with E-state index in [4.69, 9.17) is 0 Å². The summed E-state index contributed by atoms with van der Waals surface area (Å²) < 4.78 is 4.67. The Hall–Kier alpha value is -0.610. The standard InChI is InChI=1S/C13H25NO3/c1-11(15)10-12-6-4-3-5-8-14(12)9-7-13(16)17-2/h11-12,15H,3-10H2,1-2H3. The smallest absolute Gasteiger partial charge is 0.306 e. The lowest BCUT2D eigenvalue weighted by Crippen LogP contribution is -2.38. The minimum absolute atomic E-state index is 0.148. The lowest BCUT2D eigenvalue weighted by molar-refractivity contribution is -0.141. The van der Waals surface area contributed by atoms with Gasteiger partial charge in [0.15, 0.2) is 0 Å². The molecule has 4 heteroatoms. The van der Waals surface area contributed by atoms with Crippen LogP contribution in [0.5, 0.6) is 0 Å². The number of aliphatic hydroxyl groups excluding tert-OH is 1. The number of nitrogens with zero attached hydrogens (tertiary/aromatic N) is 1. The number of carbonyl (C=O) groups is 1. The first-order chi connectivity index (χ1) is 8.13. The van der Waals surface area contributed by atoms with Crippen LogP contribution in [0.25, 0.3) is 0 Å². The van der Waals surface area contributed by atoms with Crippen molar-refractivity contribution in [1.29, 1.82) is 0 Å². The molecule has 4 nitrogen and oxygen atoms in total. The highest BCUT2D eigenvalue weighted by Gasteiger charge is 2.22. The highest BCUT2D eigenvalue weighted by atomic mass is 16.5. The molecule has 0 aromatic carbocycles. The van der Waals surface area contributed by atoms with Crippen LogP contribution in [-0.2, 0) is 9.53 Å². The third-order valence-corrected chi connectivity index (χ3v) is 3.44. The summed E-state index contributed by atoms with van der Waals surface area (Å²) in [6.45, 7) is 3.63. The molecular weight excluding hydrogens is 218 g/mol. The highest BCUT2D eigenvalue weighted by Crippen LogP contribution is 2.20. The summed E-state index contributed by atoms with van der Waals surface area (Å²) in [5.74, 6) is -0.148. The van der Waals surface area contributed by atoms with Crippen LogP contribution in [0.15, 0.2) is 0 Å². The second-order valence-corrected chi connectivity index (χ2v) is 4.95. The molecule has 1 N–H and O–H groups in total. The predicted molar refractivity (Wildman–Crippen MR) is 66.8 cm³/mol. The molecule has 0 saturated carbocycles. The Balaban J connectivity index is 2.46. The fourth-order valence-electron chi connectivity index (χ4n) is 2.53. The van der Waals surface area contributed by atoms with Crippen molar-refractivity contribution in [3.05, 3.63) is 0 Å². The maximum Gasteiger partial charge on any atom is 0.306 e. The van der Waals surface area contributed by atoms with E-state index < -0.39 is 0 Å². The fraction of sp³-hybridized carbons (Fsp3) is 0.923. The maximum atomic E-state index is 11.2. The SMILES string of the molecule is COC(=O)CCN1CCCCCC1CC(C)O. The molecule has 0 amide bonds. The van der Waals surface area contributed by atoms with Crippen LogP contribution < -0.4 is 0 Å². The van der Waals surface area contributed by atoms with Gasteiger partial charge in [-0.3, -0.25) is 9.69 Å². The van der Waals surface area contributed by atoms with Gasteiger partial charge < -0.3 is 9.84 Å². The molecule has 1 aliphatic rings. The lowest BCUT2D eigenvalue weighted by atomic mass is 10.0. The van der Waals surface area contributed by atoms with E-state index in [1.807, 2.05) is 6.92 Å². The van der Waals surface area contributed by atoms with Gasteiger partial charge in [-0.1, -0.05) is 12.8 Å². The van der Waals surface area contributed by atoms with Crippen molar-refractivity contribution in [2.24, 2.45) is 0 Å². The average molecular weight is 243 g/mol. The van der Waals surface area contributed by atoms with Crippen LogP contribution >= 0.6 is 0 Å². The lowest BCUT2D eigenvalue weighted by Gasteiger charge is -2.30. The Kier molecular flexibility index (Phi) is 6.52. The van der Waals surface area contributed by atoms with Crippen LogP contribution in [0.2, 0.25) is 0 Å². The van der Waals surface area contributed by atoms with E-state index >= 15 is 0 Å². The molecule has 0 radical (unpaired) electrons. The summed E-state index contributed by atoms with van der Waals surface area (Å²) in [5.41, 5.74) is 0. The van der Waals surface area contributed by atoms with Gasteiger partial charge in [-0.05, 0) is 32.7 Å². The number of aliphatic hydroxyl groups is 1. The monoisotopic (exact) mass is 243 g/mol. The molecule has 2 unspecified atom stereocenters. The Morgan fingerprint density at radius 2 is 2.24 bits per heavy atom. The van der Waals surface area contributed by atoms with Crippen molar-refractivity contribution >= 4 is 5.97 Å². The van der Waals surface area contributed by atoms with Crippen molar-refractivity contribution in [3.8, 4) is 0 Å². The molecule has 0 aliphatic carbocycles. The number of esters is 1. The maximum absolute atomic E-state index is 11.2. The number of carbonyl (C=O) groups excluding carboxylic acids is 1. The summed E-state index contributed by atoms with van der Waals surface area (Å²) in [5, 5.41) is 9.52. The second kappa shape index (κ2) is 7.67. The largest absolute Gasteiger partial charge is 0.469 e. The quantitative estimate of drug-likeness (QED) is 0.745. The molecule has 100 valence electrons. The van der Waals surface area contributed by atoms with Gasteiger partial charge in [0.2, 0.25) is 0 Å². The van der Waals surface area contributed by atoms with Gasteiger partial charge in [0.1, 0.15) is 0 Å². The molecule has 1 rings (SSSR count). The molecule has 1 fully saturated rings. The van der Waals surface area contributed by atoms with E-state index in [0.29, 0.717) is 12.5 Å². The topological polar surface area (TPSA) is 49.8 Å². The van der Waals surface area contributed by atoms with E-state index in [1.54, 1.807) is 0 Å². The molecular formula is C13H25NO3.